The Morgan fingerprint density at radius 3 is 1.91 bits per heavy atom. The number of nitro benzene ring substituents is 1. The van der Waals surface area contributed by atoms with Crippen LogP contribution in [0.15, 0.2) is 18.2 Å². The molecule has 0 aliphatic rings. The van der Waals surface area contributed by atoms with Crippen LogP contribution in [0.2, 0.25) is 0 Å². The number of ether oxygens (including phenoxy) is 2. The summed E-state index contributed by atoms with van der Waals surface area (Å²) in [7, 11) is 0. The van der Waals surface area contributed by atoms with Gasteiger partial charge in [-0.05, 0) is 17.9 Å². The van der Waals surface area contributed by atoms with Crippen LogP contribution < -0.4 is 0 Å². The van der Waals surface area contributed by atoms with Crippen LogP contribution in [0.5, 0.6) is 0 Å². The van der Waals surface area contributed by atoms with Gasteiger partial charge in [0.15, 0.2) is 0 Å². The third-order valence-electron chi connectivity index (χ3n) is 2.75. The quantitative estimate of drug-likeness (QED) is 0.434. The topological polar surface area (TPSA) is 95.7 Å². The third kappa shape index (κ3) is 5.69. The Morgan fingerprint density at radius 2 is 1.48 bits per heavy atom. The van der Waals surface area contributed by atoms with E-state index in [1.54, 1.807) is 0 Å². The molecule has 1 rings (SSSR count). The highest BCUT2D eigenvalue weighted by Crippen LogP contribution is 2.20. The maximum atomic E-state index is 12.1. The van der Waals surface area contributed by atoms with E-state index in [9.17, 15) is 19.7 Å². The van der Waals surface area contributed by atoms with Gasteiger partial charge in [0.05, 0.1) is 29.3 Å². The van der Waals surface area contributed by atoms with E-state index in [1.807, 2.05) is 27.7 Å². The first-order valence-corrected chi connectivity index (χ1v) is 7.35. The Morgan fingerprint density at radius 1 is 1.00 bits per heavy atom. The maximum absolute atomic E-state index is 12.1. The first kappa shape index (κ1) is 18.6. The number of esters is 2. The van der Waals surface area contributed by atoms with Gasteiger partial charge < -0.3 is 9.47 Å². The molecular weight excluding hydrogens is 302 g/mol. The lowest BCUT2D eigenvalue weighted by atomic mass is 10.1. The first-order chi connectivity index (χ1) is 10.7. The standard InChI is InChI=1S/C16H21NO6/c1-10(2)8-22-15(18)13-6-5-12(17(20)21)7-14(13)16(19)23-9-11(3)4/h5-7,10-11H,8-9H2,1-4H3. The van der Waals surface area contributed by atoms with Crippen LogP contribution in [-0.4, -0.2) is 30.1 Å². The largest absolute Gasteiger partial charge is 0.462 e. The van der Waals surface area contributed by atoms with E-state index >= 15 is 0 Å². The van der Waals surface area contributed by atoms with Crippen molar-refractivity contribution in [2.45, 2.75) is 27.7 Å². The first-order valence-electron chi connectivity index (χ1n) is 7.35. The zero-order valence-corrected chi connectivity index (χ0v) is 13.7. The molecule has 0 heterocycles. The summed E-state index contributed by atoms with van der Waals surface area (Å²) in [6, 6.07) is 3.41. The summed E-state index contributed by atoms with van der Waals surface area (Å²) in [6.45, 7) is 7.82. The second-order valence-corrected chi connectivity index (χ2v) is 5.97. The summed E-state index contributed by atoms with van der Waals surface area (Å²) < 4.78 is 10.2. The fraction of sp³-hybridized carbons (Fsp3) is 0.500. The molecule has 0 aromatic heterocycles. The van der Waals surface area contributed by atoms with Crippen LogP contribution in [-0.2, 0) is 9.47 Å². The number of benzene rings is 1. The van der Waals surface area contributed by atoms with Crippen molar-refractivity contribution in [2.24, 2.45) is 11.8 Å². The molecule has 0 N–H and O–H groups in total. The minimum absolute atomic E-state index is 0.0370. The highest BCUT2D eigenvalue weighted by Gasteiger charge is 2.23. The van der Waals surface area contributed by atoms with Gasteiger partial charge in [0.25, 0.3) is 5.69 Å². The second kappa shape index (κ2) is 8.26. The van der Waals surface area contributed by atoms with Crippen LogP contribution >= 0.6 is 0 Å². The van der Waals surface area contributed by atoms with Crippen LogP contribution in [0.25, 0.3) is 0 Å². The summed E-state index contributed by atoms with van der Waals surface area (Å²) in [5.41, 5.74) is -0.486. The fourth-order valence-electron chi connectivity index (χ4n) is 1.63. The van der Waals surface area contributed by atoms with E-state index in [0.29, 0.717) is 0 Å². The predicted molar refractivity (Wildman–Crippen MR) is 83.3 cm³/mol. The number of hydrogen-bond donors (Lipinski definition) is 0. The Balaban J connectivity index is 3.10. The SMILES string of the molecule is CC(C)COC(=O)c1ccc([N+](=O)[O-])cc1C(=O)OCC(C)C. The normalized spacial score (nSPS) is 10.7. The van der Waals surface area contributed by atoms with Crippen molar-refractivity contribution in [3.8, 4) is 0 Å². The van der Waals surface area contributed by atoms with Gasteiger partial charge in [0, 0.05) is 12.1 Å². The number of nitrogens with zero attached hydrogens (tertiary/aromatic N) is 1. The van der Waals surface area contributed by atoms with E-state index in [1.165, 1.54) is 6.07 Å². The molecule has 0 amide bonds. The van der Waals surface area contributed by atoms with Crippen molar-refractivity contribution in [2.75, 3.05) is 13.2 Å². The molecule has 0 radical (unpaired) electrons. The van der Waals surface area contributed by atoms with Gasteiger partial charge in [-0.3, -0.25) is 10.1 Å². The molecule has 0 aliphatic heterocycles. The Kier molecular flexibility index (Phi) is 6.68. The van der Waals surface area contributed by atoms with E-state index < -0.39 is 16.9 Å². The van der Waals surface area contributed by atoms with Crippen LogP contribution in [0, 0.1) is 22.0 Å². The van der Waals surface area contributed by atoms with Crippen molar-refractivity contribution in [1.29, 1.82) is 0 Å². The second-order valence-electron chi connectivity index (χ2n) is 5.97. The predicted octanol–water partition coefficient (Wildman–Crippen LogP) is 3.22. The number of non-ortho nitro benzene ring substituents is 1. The smallest absolute Gasteiger partial charge is 0.339 e. The third-order valence-corrected chi connectivity index (χ3v) is 2.75. The molecule has 23 heavy (non-hydrogen) atoms. The molecule has 7 nitrogen and oxygen atoms in total. The van der Waals surface area contributed by atoms with Crippen molar-refractivity contribution in [1.82, 2.24) is 0 Å². The van der Waals surface area contributed by atoms with Crippen molar-refractivity contribution < 1.29 is 24.0 Å². The highest BCUT2D eigenvalue weighted by molar-refractivity contribution is 6.03. The molecule has 0 aliphatic carbocycles. The van der Waals surface area contributed by atoms with Gasteiger partial charge in [-0.25, -0.2) is 9.59 Å². The summed E-state index contributed by atoms with van der Waals surface area (Å²) in [4.78, 5) is 34.5. The molecule has 0 unspecified atom stereocenters. The molecule has 0 saturated heterocycles. The molecule has 0 atom stereocenters. The van der Waals surface area contributed by atoms with Crippen LogP contribution in [0.3, 0.4) is 0 Å². The summed E-state index contributed by atoms with van der Waals surface area (Å²) >= 11 is 0. The van der Waals surface area contributed by atoms with E-state index in [2.05, 4.69) is 0 Å². The summed E-state index contributed by atoms with van der Waals surface area (Å²) in [6.07, 6.45) is 0. The number of nitro groups is 1. The van der Waals surface area contributed by atoms with Crippen molar-refractivity contribution in [3.63, 3.8) is 0 Å². The zero-order valence-electron chi connectivity index (χ0n) is 13.7. The van der Waals surface area contributed by atoms with Crippen molar-refractivity contribution in [3.05, 3.63) is 39.4 Å². The van der Waals surface area contributed by atoms with E-state index in [0.717, 1.165) is 12.1 Å². The summed E-state index contributed by atoms with van der Waals surface area (Å²) in [5, 5.41) is 10.9. The average molecular weight is 323 g/mol. The van der Waals surface area contributed by atoms with Gasteiger partial charge in [-0.2, -0.15) is 0 Å². The molecular formula is C16H21NO6. The van der Waals surface area contributed by atoms with Crippen molar-refractivity contribution >= 4 is 17.6 Å². The van der Waals surface area contributed by atoms with E-state index in [4.69, 9.17) is 9.47 Å². The minimum atomic E-state index is -0.779. The Bertz CT molecular complexity index is 594. The molecule has 0 spiro atoms. The minimum Gasteiger partial charge on any atom is -0.462 e. The molecule has 1 aromatic carbocycles. The molecule has 0 bridgehead atoms. The number of rotatable bonds is 7. The Hall–Kier alpha value is -2.44. The Labute approximate surface area is 134 Å². The molecule has 0 saturated carbocycles. The lowest BCUT2D eigenvalue weighted by Crippen LogP contribution is -2.17. The molecule has 126 valence electrons. The lowest BCUT2D eigenvalue weighted by Gasteiger charge is -2.12. The number of carbonyl (C=O) groups is 2. The lowest BCUT2D eigenvalue weighted by molar-refractivity contribution is -0.384. The van der Waals surface area contributed by atoms with Gasteiger partial charge in [0.2, 0.25) is 0 Å². The molecule has 7 heteroatoms. The monoisotopic (exact) mass is 323 g/mol. The van der Waals surface area contributed by atoms with Crippen LogP contribution in [0.1, 0.15) is 48.4 Å². The fourth-order valence-corrected chi connectivity index (χ4v) is 1.63. The van der Waals surface area contributed by atoms with E-state index in [-0.39, 0.29) is 41.9 Å². The summed E-state index contributed by atoms with van der Waals surface area (Å²) in [5.74, 6) is -1.24. The average Bonchev–Trinajstić information content (AvgIpc) is 2.49. The van der Waals surface area contributed by atoms with Gasteiger partial charge >= 0.3 is 11.9 Å². The van der Waals surface area contributed by atoms with Crippen LogP contribution in [0.4, 0.5) is 5.69 Å². The highest BCUT2D eigenvalue weighted by atomic mass is 16.6. The number of hydrogen-bond acceptors (Lipinski definition) is 6. The van der Waals surface area contributed by atoms with Gasteiger partial charge in [-0.1, -0.05) is 27.7 Å². The maximum Gasteiger partial charge on any atom is 0.339 e. The zero-order chi connectivity index (χ0) is 17.6. The van der Waals surface area contributed by atoms with Gasteiger partial charge in [0.1, 0.15) is 0 Å². The molecule has 1 aromatic rings. The van der Waals surface area contributed by atoms with Gasteiger partial charge in [-0.15, -0.1) is 0 Å². The molecule has 0 fully saturated rings. The number of carbonyl (C=O) groups excluding carboxylic acids is 2.